The molecule has 2 rings (SSSR count). The van der Waals surface area contributed by atoms with Crippen LogP contribution in [0, 0.1) is 5.82 Å². The van der Waals surface area contributed by atoms with E-state index in [4.69, 9.17) is 4.74 Å². The summed E-state index contributed by atoms with van der Waals surface area (Å²) in [6.45, 7) is 2.72. The number of hydrogen-bond acceptors (Lipinski definition) is 3. The fourth-order valence-corrected chi connectivity index (χ4v) is 1.79. The van der Waals surface area contributed by atoms with E-state index >= 15 is 0 Å². The van der Waals surface area contributed by atoms with E-state index in [1.54, 1.807) is 6.07 Å². The largest absolute Gasteiger partial charge is 0.494 e. The Morgan fingerprint density at radius 1 is 1.40 bits per heavy atom. The van der Waals surface area contributed by atoms with E-state index in [9.17, 15) is 4.39 Å². The molecule has 0 amide bonds. The number of rotatable bonds is 2. The minimum atomic E-state index is -0.303. The van der Waals surface area contributed by atoms with Gasteiger partial charge in [0.2, 0.25) is 0 Å². The summed E-state index contributed by atoms with van der Waals surface area (Å²) < 4.78 is 18.3. The van der Waals surface area contributed by atoms with Crippen LogP contribution in [-0.4, -0.2) is 26.7 Å². The summed E-state index contributed by atoms with van der Waals surface area (Å²) in [7, 11) is 1.47. The molecule has 0 aromatic heterocycles. The van der Waals surface area contributed by atoms with E-state index in [0.717, 1.165) is 25.2 Å². The molecule has 0 spiro atoms. The highest BCUT2D eigenvalue weighted by Crippen LogP contribution is 2.22. The second-order valence-electron chi connectivity index (χ2n) is 3.60. The predicted octanol–water partition coefficient (Wildman–Crippen LogP) is 1.07. The van der Waals surface area contributed by atoms with Gasteiger partial charge in [-0.25, -0.2) is 4.39 Å². The summed E-state index contributed by atoms with van der Waals surface area (Å²) in [5.41, 5.74) is 0.959. The maximum atomic E-state index is 13.4. The number of halogens is 1. The first kappa shape index (κ1) is 10.4. The zero-order valence-electron chi connectivity index (χ0n) is 8.72. The van der Waals surface area contributed by atoms with Crippen molar-refractivity contribution in [3.63, 3.8) is 0 Å². The average Bonchev–Trinajstić information content (AvgIpc) is 2.30. The predicted molar refractivity (Wildman–Crippen MR) is 56.6 cm³/mol. The summed E-state index contributed by atoms with van der Waals surface area (Å²) in [6.07, 6.45) is 0. The maximum Gasteiger partial charge on any atom is 0.165 e. The molecule has 82 valence electrons. The van der Waals surface area contributed by atoms with Crippen molar-refractivity contribution >= 4 is 0 Å². The van der Waals surface area contributed by atoms with Crippen molar-refractivity contribution in [3.8, 4) is 5.75 Å². The Kier molecular flexibility index (Phi) is 3.18. The van der Waals surface area contributed by atoms with E-state index < -0.39 is 0 Å². The molecule has 0 radical (unpaired) electrons. The quantitative estimate of drug-likeness (QED) is 0.766. The third-order valence-electron chi connectivity index (χ3n) is 2.62. The van der Waals surface area contributed by atoms with Gasteiger partial charge in [0.1, 0.15) is 0 Å². The number of piperazine rings is 1. The molecule has 0 saturated carbocycles. The first-order valence-corrected chi connectivity index (χ1v) is 5.09. The zero-order valence-corrected chi connectivity index (χ0v) is 8.72. The normalized spacial score (nSPS) is 21.3. The highest BCUT2D eigenvalue weighted by molar-refractivity contribution is 5.31. The van der Waals surface area contributed by atoms with Gasteiger partial charge < -0.3 is 15.4 Å². The SMILES string of the molecule is COc1ccc([C@H]2CNCCN2)cc1F. The molecule has 0 aliphatic carbocycles. The van der Waals surface area contributed by atoms with E-state index in [0.29, 0.717) is 5.75 Å². The molecule has 0 bridgehead atoms. The maximum absolute atomic E-state index is 13.4. The molecule has 3 nitrogen and oxygen atoms in total. The van der Waals surface area contributed by atoms with E-state index in [1.807, 2.05) is 6.07 Å². The molecule has 1 aliphatic rings. The van der Waals surface area contributed by atoms with Crippen LogP contribution in [0.2, 0.25) is 0 Å². The van der Waals surface area contributed by atoms with Gasteiger partial charge in [0, 0.05) is 25.7 Å². The Bertz CT molecular complexity index is 337. The Morgan fingerprint density at radius 3 is 2.87 bits per heavy atom. The van der Waals surface area contributed by atoms with Crippen LogP contribution >= 0.6 is 0 Å². The topological polar surface area (TPSA) is 33.3 Å². The number of benzene rings is 1. The summed E-state index contributed by atoms with van der Waals surface area (Å²) in [5, 5.41) is 6.60. The van der Waals surface area contributed by atoms with Crippen LogP contribution in [0.5, 0.6) is 5.75 Å². The Morgan fingerprint density at radius 2 is 2.27 bits per heavy atom. The summed E-state index contributed by atoms with van der Waals surface area (Å²) in [4.78, 5) is 0. The molecule has 1 aliphatic heterocycles. The molecule has 15 heavy (non-hydrogen) atoms. The first-order chi connectivity index (χ1) is 7.31. The van der Waals surface area contributed by atoms with Crippen molar-refractivity contribution in [1.29, 1.82) is 0 Å². The van der Waals surface area contributed by atoms with Crippen molar-refractivity contribution in [2.75, 3.05) is 26.7 Å². The lowest BCUT2D eigenvalue weighted by atomic mass is 10.1. The lowest BCUT2D eigenvalue weighted by molar-refractivity contribution is 0.383. The Labute approximate surface area is 88.6 Å². The van der Waals surface area contributed by atoms with Gasteiger partial charge in [-0.05, 0) is 17.7 Å². The van der Waals surface area contributed by atoms with Crippen molar-refractivity contribution < 1.29 is 9.13 Å². The third kappa shape index (κ3) is 2.27. The van der Waals surface area contributed by atoms with Crippen LogP contribution in [0.3, 0.4) is 0 Å². The van der Waals surface area contributed by atoms with Crippen molar-refractivity contribution in [2.45, 2.75) is 6.04 Å². The van der Waals surface area contributed by atoms with Crippen LogP contribution in [0.25, 0.3) is 0 Å². The van der Waals surface area contributed by atoms with Gasteiger partial charge in [0.25, 0.3) is 0 Å². The second-order valence-corrected chi connectivity index (χ2v) is 3.60. The monoisotopic (exact) mass is 210 g/mol. The molecular formula is C11H15FN2O. The van der Waals surface area contributed by atoms with Crippen molar-refractivity contribution in [2.24, 2.45) is 0 Å². The van der Waals surface area contributed by atoms with Crippen LogP contribution in [0.4, 0.5) is 4.39 Å². The summed E-state index contributed by atoms with van der Waals surface area (Å²) in [5.74, 6) is -0.00936. The molecular weight excluding hydrogens is 195 g/mol. The van der Waals surface area contributed by atoms with Crippen LogP contribution < -0.4 is 15.4 Å². The molecule has 1 heterocycles. The number of ether oxygens (including phenoxy) is 1. The van der Waals surface area contributed by atoms with Gasteiger partial charge in [-0.3, -0.25) is 0 Å². The number of nitrogens with one attached hydrogen (secondary N) is 2. The van der Waals surface area contributed by atoms with E-state index in [-0.39, 0.29) is 11.9 Å². The lowest BCUT2D eigenvalue weighted by Gasteiger charge is -2.25. The fraction of sp³-hybridized carbons (Fsp3) is 0.455. The molecule has 1 fully saturated rings. The molecule has 1 aromatic carbocycles. The number of hydrogen-bond donors (Lipinski definition) is 2. The van der Waals surface area contributed by atoms with Crippen LogP contribution in [0.1, 0.15) is 11.6 Å². The summed E-state index contributed by atoms with van der Waals surface area (Å²) >= 11 is 0. The van der Waals surface area contributed by atoms with Gasteiger partial charge in [0.05, 0.1) is 7.11 Å². The number of methoxy groups -OCH3 is 1. The zero-order chi connectivity index (χ0) is 10.7. The third-order valence-corrected chi connectivity index (χ3v) is 2.62. The van der Waals surface area contributed by atoms with Crippen molar-refractivity contribution in [3.05, 3.63) is 29.6 Å². The minimum absolute atomic E-state index is 0.194. The molecule has 1 saturated heterocycles. The lowest BCUT2D eigenvalue weighted by Crippen LogP contribution is -2.42. The smallest absolute Gasteiger partial charge is 0.165 e. The van der Waals surface area contributed by atoms with Gasteiger partial charge >= 0.3 is 0 Å². The highest BCUT2D eigenvalue weighted by Gasteiger charge is 2.15. The van der Waals surface area contributed by atoms with Crippen LogP contribution in [-0.2, 0) is 0 Å². The van der Waals surface area contributed by atoms with E-state index in [1.165, 1.54) is 13.2 Å². The Balaban J connectivity index is 2.17. The second kappa shape index (κ2) is 4.59. The molecule has 4 heteroatoms. The molecule has 1 atom stereocenters. The highest BCUT2D eigenvalue weighted by atomic mass is 19.1. The summed E-state index contributed by atoms with van der Waals surface area (Å²) in [6, 6.07) is 5.29. The van der Waals surface area contributed by atoms with Gasteiger partial charge in [-0.1, -0.05) is 6.07 Å². The van der Waals surface area contributed by atoms with Gasteiger partial charge in [-0.2, -0.15) is 0 Å². The van der Waals surface area contributed by atoms with Gasteiger partial charge in [-0.15, -0.1) is 0 Å². The first-order valence-electron chi connectivity index (χ1n) is 5.09. The van der Waals surface area contributed by atoms with Crippen LogP contribution in [0.15, 0.2) is 18.2 Å². The molecule has 1 aromatic rings. The molecule has 2 N–H and O–H groups in total. The minimum Gasteiger partial charge on any atom is -0.494 e. The van der Waals surface area contributed by atoms with Gasteiger partial charge in [0.15, 0.2) is 11.6 Å². The molecule has 0 unspecified atom stereocenters. The fourth-order valence-electron chi connectivity index (χ4n) is 1.79. The Hall–Kier alpha value is -1.13. The average molecular weight is 210 g/mol. The standard InChI is InChI=1S/C11H15FN2O/c1-15-11-3-2-8(6-9(11)12)10-7-13-4-5-14-10/h2-3,6,10,13-14H,4-5,7H2,1H3/t10-/m1/s1. The van der Waals surface area contributed by atoms with Crippen molar-refractivity contribution in [1.82, 2.24) is 10.6 Å². The van der Waals surface area contributed by atoms with E-state index in [2.05, 4.69) is 10.6 Å².